The first-order valence-electron chi connectivity index (χ1n) is 6.14. The fourth-order valence-corrected chi connectivity index (χ4v) is 1.64. The third kappa shape index (κ3) is 20.0. The molecule has 0 spiro atoms. The Hall–Kier alpha value is 0.500. The Morgan fingerprint density at radius 2 is 0.875 bits per heavy atom. The molecule has 0 heterocycles. The molecule has 0 aliphatic heterocycles. The summed E-state index contributed by atoms with van der Waals surface area (Å²) in [4.78, 5) is 0. The molecule has 0 aromatic heterocycles. The van der Waals surface area contributed by atoms with Gasteiger partial charge in [0.05, 0.1) is 0 Å². The van der Waals surface area contributed by atoms with E-state index in [0.717, 1.165) is 0 Å². The van der Waals surface area contributed by atoms with Crippen molar-refractivity contribution in [1.29, 1.82) is 0 Å². The van der Waals surface area contributed by atoms with Gasteiger partial charge >= 0.3 is 0 Å². The van der Waals surface area contributed by atoms with Gasteiger partial charge in [-0.05, 0) is 26.7 Å². The average molecular weight is 273 g/mol. The van der Waals surface area contributed by atoms with Gasteiger partial charge in [-0.25, -0.2) is 0 Å². The minimum absolute atomic E-state index is 0. The van der Waals surface area contributed by atoms with Crippen molar-refractivity contribution in [1.82, 2.24) is 0 Å². The lowest BCUT2D eigenvalue weighted by atomic mass is 10.0. The van der Waals surface area contributed by atoms with Crippen LogP contribution >= 0.6 is 24.8 Å². The van der Waals surface area contributed by atoms with E-state index in [1.165, 1.54) is 51.4 Å². The highest BCUT2D eigenvalue weighted by atomic mass is 35.5. The first kappa shape index (κ1) is 21.8. The number of hydrogen-bond acceptors (Lipinski definition) is 2. The van der Waals surface area contributed by atoms with E-state index < -0.39 is 0 Å². The molecule has 4 heteroatoms. The Labute approximate surface area is 114 Å². The zero-order valence-corrected chi connectivity index (χ0v) is 12.4. The van der Waals surface area contributed by atoms with Gasteiger partial charge < -0.3 is 11.5 Å². The molecule has 0 aromatic rings. The van der Waals surface area contributed by atoms with Crippen molar-refractivity contribution in [3.63, 3.8) is 0 Å². The zero-order valence-electron chi connectivity index (χ0n) is 10.8. The smallest absolute Gasteiger partial charge is 0.00104 e. The van der Waals surface area contributed by atoms with E-state index in [1.807, 2.05) is 0 Å². The highest BCUT2D eigenvalue weighted by molar-refractivity contribution is 5.85. The Morgan fingerprint density at radius 1 is 0.625 bits per heavy atom. The standard InChI is InChI=1S/C12H28N2.2ClH/c1-11(13)9-7-5-3-4-6-8-10-12(2)14;;/h11-12H,3-10,13-14H2,1-2H3;2*1H. The van der Waals surface area contributed by atoms with Crippen molar-refractivity contribution in [2.24, 2.45) is 11.5 Å². The molecular formula is C12H30Cl2N2. The van der Waals surface area contributed by atoms with Crippen LogP contribution in [-0.4, -0.2) is 12.1 Å². The maximum atomic E-state index is 5.67. The van der Waals surface area contributed by atoms with Crippen molar-refractivity contribution in [2.45, 2.75) is 77.3 Å². The van der Waals surface area contributed by atoms with Crippen molar-refractivity contribution in [3.8, 4) is 0 Å². The summed E-state index contributed by atoms with van der Waals surface area (Å²) in [6, 6.07) is 0.765. The number of unbranched alkanes of at least 4 members (excludes halogenated alkanes) is 5. The van der Waals surface area contributed by atoms with E-state index in [1.54, 1.807) is 0 Å². The van der Waals surface area contributed by atoms with Crippen LogP contribution in [0.25, 0.3) is 0 Å². The fourth-order valence-electron chi connectivity index (χ4n) is 1.64. The molecule has 0 radical (unpaired) electrons. The second-order valence-electron chi connectivity index (χ2n) is 4.65. The number of nitrogens with two attached hydrogens (primary N) is 2. The fraction of sp³-hybridized carbons (Fsp3) is 1.00. The quantitative estimate of drug-likeness (QED) is 0.630. The largest absolute Gasteiger partial charge is 0.328 e. The van der Waals surface area contributed by atoms with Gasteiger partial charge in [0.25, 0.3) is 0 Å². The van der Waals surface area contributed by atoms with Gasteiger partial charge in [-0.15, -0.1) is 24.8 Å². The Kier molecular flexibility index (Phi) is 21.1. The van der Waals surface area contributed by atoms with Gasteiger partial charge in [-0.1, -0.05) is 38.5 Å². The lowest BCUT2D eigenvalue weighted by Crippen LogP contribution is -2.14. The lowest BCUT2D eigenvalue weighted by molar-refractivity contribution is 0.529. The molecule has 2 atom stereocenters. The van der Waals surface area contributed by atoms with Gasteiger partial charge in [-0.3, -0.25) is 0 Å². The second-order valence-corrected chi connectivity index (χ2v) is 4.65. The van der Waals surface area contributed by atoms with Gasteiger partial charge in [0, 0.05) is 12.1 Å². The summed E-state index contributed by atoms with van der Waals surface area (Å²) in [6.07, 6.45) is 10.4. The van der Waals surface area contributed by atoms with Gasteiger partial charge in [-0.2, -0.15) is 0 Å². The normalized spacial score (nSPS) is 13.5. The van der Waals surface area contributed by atoms with Crippen molar-refractivity contribution in [3.05, 3.63) is 0 Å². The van der Waals surface area contributed by atoms with E-state index >= 15 is 0 Å². The topological polar surface area (TPSA) is 52.0 Å². The Bertz CT molecular complexity index is 106. The summed E-state index contributed by atoms with van der Waals surface area (Å²) in [5, 5.41) is 0. The molecule has 0 rings (SSSR count). The number of rotatable bonds is 9. The van der Waals surface area contributed by atoms with Crippen molar-refractivity contribution in [2.75, 3.05) is 0 Å². The molecule has 16 heavy (non-hydrogen) atoms. The van der Waals surface area contributed by atoms with Gasteiger partial charge in [0.15, 0.2) is 0 Å². The van der Waals surface area contributed by atoms with Crippen LogP contribution in [0.4, 0.5) is 0 Å². The molecule has 4 N–H and O–H groups in total. The average Bonchev–Trinajstić information content (AvgIpc) is 2.08. The molecular weight excluding hydrogens is 243 g/mol. The summed E-state index contributed by atoms with van der Waals surface area (Å²) in [7, 11) is 0. The monoisotopic (exact) mass is 272 g/mol. The number of hydrogen-bond donors (Lipinski definition) is 2. The molecule has 0 amide bonds. The number of halogens is 2. The molecule has 2 unspecified atom stereocenters. The summed E-state index contributed by atoms with van der Waals surface area (Å²) in [5.41, 5.74) is 11.3. The summed E-state index contributed by atoms with van der Waals surface area (Å²) < 4.78 is 0. The van der Waals surface area contributed by atoms with Crippen LogP contribution in [0, 0.1) is 0 Å². The maximum Gasteiger partial charge on any atom is 0.00104 e. The molecule has 2 nitrogen and oxygen atoms in total. The highest BCUT2D eigenvalue weighted by Gasteiger charge is 1.96. The van der Waals surface area contributed by atoms with Crippen LogP contribution in [0.3, 0.4) is 0 Å². The maximum absolute atomic E-state index is 5.67. The van der Waals surface area contributed by atoms with E-state index in [9.17, 15) is 0 Å². The minimum Gasteiger partial charge on any atom is -0.328 e. The van der Waals surface area contributed by atoms with Crippen LogP contribution in [0.5, 0.6) is 0 Å². The molecule has 0 fully saturated rings. The lowest BCUT2D eigenvalue weighted by Gasteiger charge is -2.05. The van der Waals surface area contributed by atoms with Gasteiger partial charge in [0.2, 0.25) is 0 Å². The van der Waals surface area contributed by atoms with Crippen molar-refractivity contribution >= 4 is 24.8 Å². The first-order valence-corrected chi connectivity index (χ1v) is 6.14. The SMILES string of the molecule is CC(N)CCCCCCCCC(C)N.Cl.Cl. The molecule has 102 valence electrons. The summed E-state index contributed by atoms with van der Waals surface area (Å²) in [5.74, 6) is 0. The summed E-state index contributed by atoms with van der Waals surface area (Å²) >= 11 is 0. The third-order valence-corrected chi connectivity index (χ3v) is 2.57. The van der Waals surface area contributed by atoms with Crippen LogP contribution in [0.15, 0.2) is 0 Å². The van der Waals surface area contributed by atoms with Crippen LogP contribution in [-0.2, 0) is 0 Å². The van der Waals surface area contributed by atoms with Crippen LogP contribution in [0.2, 0.25) is 0 Å². The van der Waals surface area contributed by atoms with Crippen LogP contribution < -0.4 is 11.5 Å². The van der Waals surface area contributed by atoms with Crippen LogP contribution in [0.1, 0.15) is 65.2 Å². The minimum atomic E-state index is 0. The molecule has 0 bridgehead atoms. The van der Waals surface area contributed by atoms with E-state index in [4.69, 9.17) is 11.5 Å². The Morgan fingerprint density at radius 3 is 1.12 bits per heavy atom. The van der Waals surface area contributed by atoms with E-state index in [2.05, 4.69) is 13.8 Å². The highest BCUT2D eigenvalue weighted by Crippen LogP contribution is 2.09. The predicted octanol–water partition coefficient (Wildman–Crippen LogP) is 3.65. The first-order chi connectivity index (χ1) is 6.63. The predicted molar refractivity (Wildman–Crippen MR) is 78.7 cm³/mol. The molecule has 0 aromatic carbocycles. The van der Waals surface area contributed by atoms with Gasteiger partial charge in [0.1, 0.15) is 0 Å². The van der Waals surface area contributed by atoms with E-state index in [-0.39, 0.29) is 24.8 Å². The zero-order chi connectivity index (χ0) is 10.8. The molecule has 0 saturated carbocycles. The molecule has 0 saturated heterocycles. The third-order valence-electron chi connectivity index (χ3n) is 2.57. The molecule has 0 aliphatic carbocycles. The Balaban J connectivity index is -0.000000845. The van der Waals surface area contributed by atoms with Crippen molar-refractivity contribution < 1.29 is 0 Å². The molecule has 0 aliphatic rings. The summed E-state index contributed by atoms with van der Waals surface area (Å²) in [6.45, 7) is 4.17. The second kappa shape index (κ2) is 15.5. The van der Waals surface area contributed by atoms with E-state index in [0.29, 0.717) is 12.1 Å².